The van der Waals surface area contributed by atoms with E-state index in [-0.39, 0.29) is 0 Å². The first-order valence-electron chi connectivity index (χ1n) is 13.8. The maximum Gasteiger partial charge on any atom is 0.145 e. The summed E-state index contributed by atoms with van der Waals surface area (Å²) in [7, 11) is 0. The molecule has 0 saturated carbocycles. The average Bonchev–Trinajstić information content (AvgIpc) is 3.77. The van der Waals surface area contributed by atoms with E-state index in [0.717, 1.165) is 39.7 Å². The first-order valence-corrected chi connectivity index (χ1v) is 13.8. The predicted molar refractivity (Wildman–Crippen MR) is 162 cm³/mol. The van der Waals surface area contributed by atoms with Crippen LogP contribution in [0.3, 0.4) is 0 Å². The van der Waals surface area contributed by atoms with E-state index in [1.54, 1.807) is 16.9 Å². The minimum absolute atomic E-state index is 0.443. The average molecular weight is 540 g/mol. The SMILES string of the molecule is Cc1ccccc1-n1ccnc1-c1c(C(C)(C)N(F)c2ccccc2-n2cccn2)ccc2c1Cc1ccccc1-2. The standard InChI is InChI=1S/C35H30FN5/c1-24-11-4-7-14-30(24)39-22-20-37-34(39)33-28-23-25-12-5-6-13-26(25)27(28)17-18-29(33)35(2,3)41(36)32-16-9-8-15-31(32)40-21-10-19-38-40/h4-22H,23H2,1-3H3. The van der Waals surface area contributed by atoms with Crippen molar-refractivity contribution in [1.82, 2.24) is 19.3 Å². The van der Waals surface area contributed by atoms with Gasteiger partial charge in [0.2, 0.25) is 0 Å². The summed E-state index contributed by atoms with van der Waals surface area (Å²) in [5.74, 6) is 0.806. The van der Waals surface area contributed by atoms with E-state index in [0.29, 0.717) is 11.4 Å². The molecule has 0 aliphatic heterocycles. The maximum absolute atomic E-state index is 16.9. The maximum atomic E-state index is 16.9. The molecular formula is C35H30FN5. The molecule has 5 nitrogen and oxygen atoms in total. The lowest BCUT2D eigenvalue weighted by Crippen LogP contribution is -2.37. The molecule has 6 aromatic rings. The fourth-order valence-electron chi connectivity index (χ4n) is 6.14. The van der Waals surface area contributed by atoms with E-state index in [4.69, 9.17) is 4.98 Å². The third-order valence-corrected chi connectivity index (χ3v) is 8.22. The second-order valence-electron chi connectivity index (χ2n) is 11.0. The number of benzene rings is 4. The van der Waals surface area contributed by atoms with E-state index in [1.807, 2.05) is 68.8 Å². The Bertz CT molecular complexity index is 1880. The molecule has 2 heterocycles. The van der Waals surface area contributed by atoms with Gasteiger partial charge in [-0.3, -0.25) is 4.57 Å². The highest BCUT2D eigenvalue weighted by Gasteiger charge is 2.37. The Labute approximate surface area is 239 Å². The van der Waals surface area contributed by atoms with E-state index < -0.39 is 5.54 Å². The molecule has 0 saturated heterocycles. The highest BCUT2D eigenvalue weighted by Crippen LogP contribution is 2.48. The third kappa shape index (κ3) is 3.98. The van der Waals surface area contributed by atoms with Crippen molar-refractivity contribution in [1.29, 1.82) is 0 Å². The summed E-state index contributed by atoms with van der Waals surface area (Å²) in [4.78, 5) is 4.92. The molecule has 0 amide bonds. The number of aryl methyl sites for hydroxylation is 1. The van der Waals surface area contributed by atoms with E-state index in [2.05, 4.69) is 65.1 Å². The van der Waals surface area contributed by atoms with Crippen LogP contribution in [0.1, 0.15) is 36.1 Å². The van der Waals surface area contributed by atoms with Crippen LogP contribution in [0.25, 0.3) is 33.9 Å². The fraction of sp³-hybridized carbons (Fsp3) is 0.143. The number of rotatable bonds is 6. The highest BCUT2D eigenvalue weighted by molar-refractivity contribution is 5.86. The molecule has 0 spiro atoms. The van der Waals surface area contributed by atoms with Crippen LogP contribution in [0.5, 0.6) is 0 Å². The summed E-state index contributed by atoms with van der Waals surface area (Å²) in [6.45, 7) is 5.97. The smallest absolute Gasteiger partial charge is 0.145 e. The molecule has 202 valence electrons. The van der Waals surface area contributed by atoms with Crippen molar-refractivity contribution in [2.45, 2.75) is 32.7 Å². The zero-order chi connectivity index (χ0) is 28.1. The zero-order valence-corrected chi connectivity index (χ0v) is 23.3. The Kier molecular flexibility index (Phi) is 5.86. The van der Waals surface area contributed by atoms with E-state index >= 15 is 4.48 Å². The number of hydrogen-bond donors (Lipinski definition) is 0. The lowest BCUT2D eigenvalue weighted by molar-refractivity contribution is 0.296. The Morgan fingerprint density at radius 2 is 1.54 bits per heavy atom. The van der Waals surface area contributed by atoms with Gasteiger partial charge in [0.25, 0.3) is 0 Å². The molecule has 0 N–H and O–H groups in total. The molecule has 0 unspecified atom stereocenters. The lowest BCUT2D eigenvalue weighted by atomic mass is 9.84. The minimum Gasteiger partial charge on any atom is -0.300 e. The summed E-state index contributed by atoms with van der Waals surface area (Å²) >= 11 is 0. The van der Waals surface area contributed by atoms with Gasteiger partial charge in [0.05, 0.1) is 16.9 Å². The molecule has 1 aliphatic carbocycles. The summed E-state index contributed by atoms with van der Waals surface area (Å²) in [5, 5.41) is 5.25. The monoisotopic (exact) mass is 539 g/mol. The van der Waals surface area contributed by atoms with Crippen molar-refractivity contribution in [3.05, 3.63) is 138 Å². The fourth-order valence-corrected chi connectivity index (χ4v) is 6.14. The van der Waals surface area contributed by atoms with Crippen LogP contribution in [0.15, 0.2) is 116 Å². The first kappa shape index (κ1) is 25.0. The van der Waals surface area contributed by atoms with E-state index in [9.17, 15) is 0 Å². The molecular weight excluding hydrogens is 509 g/mol. The van der Waals surface area contributed by atoms with Crippen molar-refractivity contribution < 1.29 is 4.48 Å². The third-order valence-electron chi connectivity index (χ3n) is 8.22. The van der Waals surface area contributed by atoms with Crippen molar-refractivity contribution in [2.24, 2.45) is 0 Å². The Morgan fingerprint density at radius 3 is 2.34 bits per heavy atom. The first-order chi connectivity index (χ1) is 19.9. The predicted octanol–water partition coefficient (Wildman–Crippen LogP) is 8.23. The summed E-state index contributed by atoms with van der Waals surface area (Å²) < 4.78 is 20.8. The van der Waals surface area contributed by atoms with Gasteiger partial charge in [-0.25, -0.2) is 9.67 Å². The zero-order valence-electron chi connectivity index (χ0n) is 23.3. The number of anilines is 1. The Hall–Kier alpha value is -4.97. The number of halogens is 1. The number of imidazole rings is 1. The van der Waals surface area contributed by atoms with Crippen LogP contribution < -0.4 is 5.12 Å². The van der Waals surface area contributed by atoms with Crippen LogP contribution in [0, 0.1) is 6.92 Å². The molecule has 0 bridgehead atoms. The second-order valence-corrected chi connectivity index (χ2v) is 11.0. The molecule has 0 radical (unpaired) electrons. The van der Waals surface area contributed by atoms with Gasteiger partial charge in [-0.2, -0.15) is 10.2 Å². The van der Waals surface area contributed by atoms with Crippen molar-refractivity contribution in [3.63, 3.8) is 0 Å². The molecule has 0 fully saturated rings. The normalized spacial score (nSPS) is 12.3. The quantitative estimate of drug-likeness (QED) is 0.200. The largest absolute Gasteiger partial charge is 0.300 e. The summed E-state index contributed by atoms with van der Waals surface area (Å²) in [6, 6.07) is 30.3. The second kappa shape index (κ2) is 9.59. The molecule has 41 heavy (non-hydrogen) atoms. The molecule has 0 atom stereocenters. The van der Waals surface area contributed by atoms with Gasteiger partial charge in [-0.05, 0) is 84.8 Å². The molecule has 7 rings (SSSR count). The van der Waals surface area contributed by atoms with Gasteiger partial charge in [0.1, 0.15) is 5.82 Å². The Balaban J connectivity index is 1.45. The van der Waals surface area contributed by atoms with Gasteiger partial charge in [-0.1, -0.05) is 71.2 Å². The number of hydrogen-bond acceptors (Lipinski definition) is 3. The van der Waals surface area contributed by atoms with Crippen LogP contribution in [0.2, 0.25) is 0 Å². The molecule has 1 aliphatic rings. The van der Waals surface area contributed by atoms with Gasteiger partial charge in [0, 0.05) is 36.0 Å². The van der Waals surface area contributed by atoms with Crippen LogP contribution in [-0.4, -0.2) is 19.3 Å². The molecule has 2 aromatic heterocycles. The highest BCUT2D eigenvalue weighted by atomic mass is 19.2. The molecule has 4 aromatic carbocycles. The van der Waals surface area contributed by atoms with Crippen molar-refractivity contribution >= 4 is 5.69 Å². The summed E-state index contributed by atoms with van der Waals surface area (Å²) in [5.41, 5.74) is 8.94. The minimum atomic E-state index is -1.05. The van der Waals surface area contributed by atoms with Gasteiger partial charge in [0.15, 0.2) is 0 Å². The topological polar surface area (TPSA) is 38.9 Å². The Morgan fingerprint density at radius 1 is 0.780 bits per heavy atom. The van der Waals surface area contributed by atoms with Gasteiger partial charge >= 0.3 is 0 Å². The summed E-state index contributed by atoms with van der Waals surface area (Å²) in [6.07, 6.45) is 8.13. The van der Waals surface area contributed by atoms with Crippen LogP contribution in [0.4, 0.5) is 10.2 Å². The number of para-hydroxylation sites is 3. The number of aromatic nitrogens is 4. The number of fused-ring (bicyclic) bond motifs is 3. The van der Waals surface area contributed by atoms with Gasteiger partial charge < -0.3 is 0 Å². The van der Waals surface area contributed by atoms with Crippen molar-refractivity contribution in [2.75, 3.05) is 5.12 Å². The lowest BCUT2D eigenvalue weighted by Gasteiger charge is -2.36. The molecule has 6 heteroatoms. The van der Waals surface area contributed by atoms with Crippen molar-refractivity contribution in [3.8, 4) is 33.9 Å². The van der Waals surface area contributed by atoms with Crippen LogP contribution >= 0.6 is 0 Å². The van der Waals surface area contributed by atoms with Crippen LogP contribution in [-0.2, 0) is 12.0 Å². The van der Waals surface area contributed by atoms with E-state index in [1.165, 1.54) is 22.3 Å². The van der Waals surface area contributed by atoms with Gasteiger partial charge in [-0.15, -0.1) is 0 Å². The number of nitrogens with zero attached hydrogens (tertiary/aromatic N) is 5.